The molecule has 0 amide bonds. The van der Waals surface area contributed by atoms with Gasteiger partial charge in [0, 0.05) is 0 Å². The van der Waals surface area contributed by atoms with Gasteiger partial charge in [-0.2, -0.15) is 0 Å². The molecule has 64 valence electrons. The quantitative estimate of drug-likeness (QED) is 0.463. The van der Waals surface area contributed by atoms with Crippen molar-refractivity contribution in [2.24, 2.45) is 0 Å². The van der Waals surface area contributed by atoms with E-state index in [0.717, 1.165) is 12.8 Å². The Bertz CT molecular complexity index is 152. The van der Waals surface area contributed by atoms with E-state index in [-0.39, 0.29) is 0 Å². The van der Waals surface area contributed by atoms with Gasteiger partial charge in [-0.05, 0) is 19.3 Å². The van der Waals surface area contributed by atoms with E-state index in [9.17, 15) is 9.18 Å². The largest absolute Gasteiger partial charge is 0.463 e. The van der Waals surface area contributed by atoms with E-state index in [1.807, 2.05) is 6.92 Å². The molecule has 0 spiro atoms. The number of carbonyl (C=O) groups is 1. The van der Waals surface area contributed by atoms with Gasteiger partial charge in [0.1, 0.15) is 0 Å². The summed E-state index contributed by atoms with van der Waals surface area (Å²) in [6.45, 7) is 2.36. The van der Waals surface area contributed by atoms with Gasteiger partial charge in [-0.3, -0.25) is 0 Å². The maximum absolute atomic E-state index is 12.8. The van der Waals surface area contributed by atoms with E-state index in [1.165, 1.54) is 0 Å². The van der Waals surface area contributed by atoms with Gasteiger partial charge in [0.05, 0.1) is 6.61 Å². The minimum atomic E-state index is -1.60. The molecular weight excluding hydrogens is 147 g/mol. The van der Waals surface area contributed by atoms with E-state index in [4.69, 9.17) is 4.74 Å². The van der Waals surface area contributed by atoms with Crippen molar-refractivity contribution in [3.8, 4) is 0 Å². The van der Waals surface area contributed by atoms with Crippen molar-refractivity contribution >= 4 is 5.97 Å². The number of ether oxygens (including phenoxy) is 1. The Labute approximate surface area is 65.7 Å². The molecule has 0 saturated heterocycles. The summed E-state index contributed by atoms with van der Waals surface area (Å²) < 4.78 is 17.5. The molecule has 1 saturated carbocycles. The Morgan fingerprint density at radius 1 is 1.64 bits per heavy atom. The number of hydrogen-bond donors (Lipinski definition) is 0. The molecule has 0 aromatic heterocycles. The zero-order valence-electron chi connectivity index (χ0n) is 6.73. The van der Waals surface area contributed by atoms with Crippen LogP contribution in [0.4, 0.5) is 4.39 Å². The lowest BCUT2D eigenvalue weighted by atomic mass is 10.3. The molecule has 1 rings (SSSR count). The smallest absolute Gasteiger partial charge is 0.343 e. The van der Waals surface area contributed by atoms with E-state index in [1.54, 1.807) is 0 Å². The van der Waals surface area contributed by atoms with E-state index in [0.29, 0.717) is 19.4 Å². The van der Waals surface area contributed by atoms with Crippen LogP contribution in [0.15, 0.2) is 0 Å². The summed E-state index contributed by atoms with van der Waals surface area (Å²) in [7, 11) is 0. The standard InChI is InChI=1S/C8H13FO2/c1-2-3-6-11-7(10)8(9)4-5-8/h2-6H2,1H3. The number of halogens is 1. The number of carbonyl (C=O) groups excluding carboxylic acids is 1. The molecule has 0 heterocycles. The van der Waals surface area contributed by atoms with Gasteiger partial charge in [-0.1, -0.05) is 13.3 Å². The topological polar surface area (TPSA) is 26.3 Å². The van der Waals surface area contributed by atoms with Gasteiger partial charge >= 0.3 is 5.97 Å². The molecular formula is C8H13FO2. The van der Waals surface area contributed by atoms with Crippen molar-refractivity contribution < 1.29 is 13.9 Å². The minimum absolute atomic E-state index is 0.345. The van der Waals surface area contributed by atoms with E-state index >= 15 is 0 Å². The number of esters is 1. The monoisotopic (exact) mass is 160 g/mol. The number of hydrogen-bond acceptors (Lipinski definition) is 2. The third kappa shape index (κ3) is 2.17. The van der Waals surface area contributed by atoms with Crippen molar-refractivity contribution in [2.45, 2.75) is 38.3 Å². The van der Waals surface area contributed by atoms with Crippen LogP contribution in [0.5, 0.6) is 0 Å². The zero-order chi connectivity index (χ0) is 8.32. The molecule has 1 aliphatic carbocycles. The van der Waals surface area contributed by atoms with Crippen molar-refractivity contribution in [1.29, 1.82) is 0 Å². The van der Waals surface area contributed by atoms with Gasteiger partial charge in [0.2, 0.25) is 5.67 Å². The molecule has 0 radical (unpaired) electrons. The maximum atomic E-state index is 12.8. The molecule has 0 aromatic carbocycles. The highest BCUT2D eigenvalue weighted by atomic mass is 19.1. The first-order valence-corrected chi connectivity index (χ1v) is 4.05. The third-order valence-electron chi connectivity index (χ3n) is 1.79. The molecule has 0 atom stereocenters. The summed E-state index contributed by atoms with van der Waals surface area (Å²) in [4.78, 5) is 10.8. The Kier molecular flexibility index (Phi) is 2.47. The molecule has 0 N–H and O–H groups in total. The minimum Gasteiger partial charge on any atom is -0.463 e. The van der Waals surface area contributed by atoms with Crippen molar-refractivity contribution in [3.05, 3.63) is 0 Å². The second-order valence-corrected chi connectivity index (χ2v) is 2.95. The highest BCUT2D eigenvalue weighted by Crippen LogP contribution is 2.40. The molecule has 2 nitrogen and oxygen atoms in total. The fourth-order valence-corrected chi connectivity index (χ4v) is 0.752. The molecule has 1 aliphatic rings. The first kappa shape index (κ1) is 8.50. The summed E-state index contributed by atoms with van der Waals surface area (Å²) >= 11 is 0. The summed E-state index contributed by atoms with van der Waals surface area (Å²) in [5.74, 6) is -0.661. The lowest BCUT2D eigenvalue weighted by molar-refractivity contribution is -0.151. The van der Waals surface area contributed by atoms with E-state index in [2.05, 4.69) is 0 Å². The Morgan fingerprint density at radius 2 is 2.27 bits per heavy atom. The molecule has 0 bridgehead atoms. The number of rotatable bonds is 4. The summed E-state index contributed by atoms with van der Waals surface area (Å²) in [5.41, 5.74) is -1.60. The van der Waals surface area contributed by atoms with Crippen LogP contribution in [0.25, 0.3) is 0 Å². The summed E-state index contributed by atoms with van der Waals surface area (Å²) in [6.07, 6.45) is 2.48. The molecule has 0 aromatic rings. The van der Waals surface area contributed by atoms with Crippen molar-refractivity contribution in [2.75, 3.05) is 6.61 Å². The van der Waals surface area contributed by atoms with Gasteiger partial charge in [0.15, 0.2) is 0 Å². The maximum Gasteiger partial charge on any atom is 0.343 e. The van der Waals surface area contributed by atoms with Crippen LogP contribution in [0.1, 0.15) is 32.6 Å². The molecule has 11 heavy (non-hydrogen) atoms. The van der Waals surface area contributed by atoms with Crippen LogP contribution >= 0.6 is 0 Å². The summed E-state index contributed by atoms with van der Waals surface area (Å²) in [5, 5.41) is 0. The van der Waals surface area contributed by atoms with Crippen LogP contribution < -0.4 is 0 Å². The highest BCUT2D eigenvalue weighted by molar-refractivity contribution is 5.82. The molecule has 0 unspecified atom stereocenters. The number of unbranched alkanes of at least 4 members (excludes halogenated alkanes) is 1. The van der Waals surface area contributed by atoms with Gasteiger partial charge in [-0.25, -0.2) is 9.18 Å². The van der Waals surface area contributed by atoms with Crippen LogP contribution in [0.2, 0.25) is 0 Å². The van der Waals surface area contributed by atoms with Gasteiger partial charge < -0.3 is 4.74 Å². The normalized spacial score (nSPS) is 19.5. The lowest BCUT2D eigenvalue weighted by Gasteiger charge is -2.04. The third-order valence-corrected chi connectivity index (χ3v) is 1.79. The van der Waals surface area contributed by atoms with Crippen LogP contribution in [0, 0.1) is 0 Å². The fourth-order valence-electron chi connectivity index (χ4n) is 0.752. The lowest BCUT2D eigenvalue weighted by Crippen LogP contribution is -2.20. The second-order valence-electron chi connectivity index (χ2n) is 2.95. The fraction of sp³-hybridized carbons (Fsp3) is 0.875. The SMILES string of the molecule is CCCCOC(=O)C1(F)CC1. The van der Waals surface area contributed by atoms with Crippen molar-refractivity contribution in [1.82, 2.24) is 0 Å². The first-order chi connectivity index (χ1) is 5.19. The Balaban J connectivity index is 2.12. The molecule has 0 aliphatic heterocycles. The molecule has 1 fully saturated rings. The first-order valence-electron chi connectivity index (χ1n) is 4.05. The van der Waals surface area contributed by atoms with Crippen LogP contribution in [0.3, 0.4) is 0 Å². The number of alkyl halides is 1. The predicted octanol–water partition coefficient (Wildman–Crippen LogP) is 1.83. The van der Waals surface area contributed by atoms with Crippen molar-refractivity contribution in [3.63, 3.8) is 0 Å². The van der Waals surface area contributed by atoms with Crippen LogP contribution in [-0.2, 0) is 9.53 Å². The Morgan fingerprint density at radius 3 is 2.73 bits per heavy atom. The Hall–Kier alpha value is -0.600. The average molecular weight is 160 g/mol. The zero-order valence-corrected chi connectivity index (χ0v) is 6.73. The van der Waals surface area contributed by atoms with Gasteiger partial charge in [0.25, 0.3) is 0 Å². The molecule has 3 heteroatoms. The van der Waals surface area contributed by atoms with Gasteiger partial charge in [-0.15, -0.1) is 0 Å². The predicted molar refractivity (Wildman–Crippen MR) is 38.9 cm³/mol. The second kappa shape index (κ2) is 3.20. The average Bonchev–Trinajstić information content (AvgIpc) is 2.70. The van der Waals surface area contributed by atoms with Crippen LogP contribution in [-0.4, -0.2) is 18.2 Å². The summed E-state index contributed by atoms with van der Waals surface area (Å²) in [6, 6.07) is 0. The highest BCUT2D eigenvalue weighted by Gasteiger charge is 2.52. The van der Waals surface area contributed by atoms with E-state index < -0.39 is 11.6 Å².